The summed E-state index contributed by atoms with van der Waals surface area (Å²) in [6.45, 7) is 0. The summed E-state index contributed by atoms with van der Waals surface area (Å²) in [6, 6.07) is 2.97. The van der Waals surface area contributed by atoms with Gasteiger partial charge in [0.05, 0.1) is 12.0 Å². The van der Waals surface area contributed by atoms with E-state index in [4.69, 9.17) is 16.7 Å². The zero-order valence-electron chi connectivity index (χ0n) is 6.10. The fourth-order valence-corrected chi connectivity index (χ4v) is 1.02. The molecule has 0 aliphatic rings. The Morgan fingerprint density at radius 3 is 2.58 bits per heavy atom. The van der Waals surface area contributed by atoms with Gasteiger partial charge in [-0.1, -0.05) is 6.07 Å². The molecule has 0 fully saturated rings. The minimum Gasteiger partial charge on any atom is -0.387 e. The van der Waals surface area contributed by atoms with E-state index in [-0.39, 0.29) is 11.4 Å². The van der Waals surface area contributed by atoms with Crippen LogP contribution in [0.2, 0.25) is 0 Å². The van der Waals surface area contributed by atoms with E-state index in [1.54, 1.807) is 0 Å². The topological polar surface area (TPSA) is 20.2 Å². The molecule has 1 N–H and O–H groups in total. The fraction of sp³-hybridized carbons (Fsp3) is 0.250. The number of rotatable bonds is 2. The molecule has 0 aliphatic heterocycles. The van der Waals surface area contributed by atoms with E-state index in [1.165, 1.54) is 6.07 Å². The molecule has 0 amide bonds. The molecule has 0 spiro atoms. The van der Waals surface area contributed by atoms with Crippen molar-refractivity contribution in [1.82, 2.24) is 0 Å². The number of hydrogen-bond acceptors (Lipinski definition) is 1. The normalized spacial score (nSPS) is 13.0. The number of alkyl halides is 1. The minimum absolute atomic E-state index is 0.0198. The Bertz CT molecular complexity index is 278. The fourth-order valence-electron chi connectivity index (χ4n) is 0.855. The summed E-state index contributed by atoms with van der Waals surface area (Å²) in [5, 5.41) is 9.11. The van der Waals surface area contributed by atoms with Gasteiger partial charge in [-0.3, -0.25) is 0 Å². The van der Waals surface area contributed by atoms with E-state index < -0.39 is 17.7 Å². The first-order chi connectivity index (χ1) is 5.65. The van der Waals surface area contributed by atoms with Crippen LogP contribution in [0.25, 0.3) is 0 Å². The van der Waals surface area contributed by atoms with Gasteiger partial charge in [-0.25, -0.2) is 8.78 Å². The van der Waals surface area contributed by atoms with Gasteiger partial charge >= 0.3 is 0 Å². The lowest BCUT2D eigenvalue weighted by Gasteiger charge is -2.07. The molecule has 1 nitrogen and oxygen atoms in total. The Kier molecular flexibility index (Phi) is 3.00. The van der Waals surface area contributed by atoms with Crippen molar-refractivity contribution in [3.05, 3.63) is 35.4 Å². The quantitative estimate of drug-likeness (QED) is 0.713. The molecule has 1 rings (SSSR count). The smallest absolute Gasteiger partial charge is 0.131 e. The predicted molar refractivity (Wildman–Crippen MR) is 42.0 cm³/mol. The summed E-state index contributed by atoms with van der Waals surface area (Å²) in [6.07, 6.45) is -1.08. The van der Waals surface area contributed by atoms with E-state index in [2.05, 4.69) is 0 Å². The molecule has 0 unspecified atom stereocenters. The summed E-state index contributed by atoms with van der Waals surface area (Å²) >= 11 is 5.29. The molecule has 0 radical (unpaired) electrons. The zero-order chi connectivity index (χ0) is 9.14. The molecule has 12 heavy (non-hydrogen) atoms. The molecule has 4 heteroatoms. The van der Waals surface area contributed by atoms with Crippen molar-refractivity contribution in [2.45, 2.75) is 6.10 Å². The summed E-state index contributed by atoms with van der Waals surface area (Å²) < 4.78 is 25.2. The van der Waals surface area contributed by atoms with E-state index in [0.29, 0.717) is 6.07 Å². The van der Waals surface area contributed by atoms with Crippen molar-refractivity contribution in [1.29, 1.82) is 0 Å². The minimum atomic E-state index is -1.08. The molecule has 66 valence electrons. The van der Waals surface area contributed by atoms with Gasteiger partial charge in [-0.2, -0.15) is 0 Å². The molecule has 0 saturated heterocycles. The van der Waals surface area contributed by atoms with Crippen LogP contribution in [0.4, 0.5) is 8.78 Å². The SMILES string of the molecule is O[C@@H](CCl)c1ccc(F)cc1F. The number of benzene rings is 1. The van der Waals surface area contributed by atoms with Crippen LogP contribution in [0.5, 0.6) is 0 Å². The number of aliphatic hydroxyl groups is 1. The Morgan fingerprint density at radius 2 is 2.08 bits per heavy atom. The second kappa shape index (κ2) is 3.83. The second-order valence-electron chi connectivity index (χ2n) is 2.34. The third kappa shape index (κ3) is 1.93. The van der Waals surface area contributed by atoms with E-state index in [9.17, 15) is 8.78 Å². The summed E-state index contributed by atoms with van der Waals surface area (Å²) in [5.74, 6) is -1.55. The molecular weight excluding hydrogens is 186 g/mol. The molecule has 0 aliphatic carbocycles. The van der Waals surface area contributed by atoms with Crippen molar-refractivity contribution in [2.24, 2.45) is 0 Å². The lowest BCUT2D eigenvalue weighted by Crippen LogP contribution is -2.01. The van der Waals surface area contributed by atoms with Gasteiger partial charge in [0.25, 0.3) is 0 Å². The van der Waals surface area contributed by atoms with Crippen LogP contribution in [-0.4, -0.2) is 11.0 Å². The Morgan fingerprint density at radius 1 is 1.42 bits per heavy atom. The predicted octanol–water partition coefficient (Wildman–Crippen LogP) is 2.24. The van der Waals surface area contributed by atoms with E-state index in [1.807, 2.05) is 0 Å². The summed E-state index contributed by atoms with van der Waals surface area (Å²) in [7, 11) is 0. The molecule has 1 aromatic rings. The highest BCUT2D eigenvalue weighted by atomic mass is 35.5. The van der Waals surface area contributed by atoms with Gasteiger partial charge in [0.1, 0.15) is 11.6 Å². The first kappa shape index (κ1) is 9.42. The van der Waals surface area contributed by atoms with Crippen LogP contribution >= 0.6 is 11.6 Å². The van der Waals surface area contributed by atoms with Crippen molar-refractivity contribution in [3.8, 4) is 0 Å². The molecule has 0 saturated carbocycles. The van der Waals surface area contributed by atoms with E-state index in [0.717, 1.165) is 6.07 Å². The van der Waals surface area contributed by atoms with Gasteiger partial charge in [-0.15, -0.1) is 11.6 Å². The first-order valence-corrected chi connectivity index (χ1v) is 3.87. The maximum atomic E-state index is 12.8. The highest BCUT2D eigenvalue weighted by molar-refractivity contribution is 6.18. The van der Waals surface area contributed by atoms with Crippen molar-refractivity contribution < 1.29 is 13.9 Å². The Balaban J connectivity index is 3.01. The van der Waals surface area contributed by atoms with Crippen LogP contribution in [-0.2, 0) is 0 Å². The molecule has 1 aromatic carbocycles. The standard InChI is InChI=1S/C8H7ClF2O/c9-4-8(12)6-2-1-5(10)3-7(6)11/h1-3,8,12H,4H2/t8-/m0/s1. The lowest BCUT2D eigenvalue weighted by molar-refractivity contribution is 0.197. The lowest BCUT2D eigenvalue weighted by atomic mass is 10.1. The van der Waals surface area contributed by atoms with Gasteiger partial charge in [0, 0.05) is 11.6 Å². The molecule has 1 atom stereocenters. The summed E-state index contributed by atoms with van der Waals surface area (Å²) in [5.41, 5.74) is 0.0198. The van der Waals surface area contributed by atoms with Gasteiger partial charge in [0.2, 0.25) is 0 Å². The monoisotopic (exact) mass is 192 g/mol. The Labute approximate surface area is 73.6 Å². The third-order valence-corrected chi connectivity index (χ3v) is 1.76. The largest absolute Gasteiger partial charge is 0.387 e. The number of aliphatic hydroxyl groups excluding tert-OH is 1. The highest BCUT2D eigenvalue weighted by Crippen LogP contribution is 2.18. The molecular formula is C8H7ClF2O. The van der Waals surface area contributed by atoms with Gasteiger partial charge in [-0.05, 0) is 6.07 Å². The highest BCUT2D eigenvalue weighted by Gasteiger charge is 2.11. The summed E-state index contributed by atoms with van der Waals surface area (Å²) in [4.78, 5) is 0. The van der Waals surface area contributed by atoms with Crippen LogP contribution in [0.1, 0.15) is 11.7 Å². The van der Waals surface area contributed by atoms with E-state index >= 15 is 0 Å². The van der Waals surface area contributed by atoms with Crippen LogP contribution in [0.3, 0.4) is 0 Å². The van der Waals surface area contributed by atoms with Crippen LogP contribution < -0.4 is 0 Å². The van der Waals surface area contributed by atoms with Gasteiger partial charge < -0.3 is 5.11 Å². The average molecular weight is 193 g/mol. The van der Waals surface area contributed by atoms with Crippen molar-refractivity contribution in [2.75, 3.05) is 5.88 Å². The molecule has 0 aromatic heterocycles. The van der Waals surface area contributed by atoms with Gasteiger partial charge in [0.15, 0.2) is 0 Å². The number of halogens is 3. The van der Waals surface area contributed by atoms with Crippen molar-refractivity contribution in [3.63, 3.8) is 0 Å². The second-order valence-corrected chi connectivity index (χ2v) is 2.64. The molecule has 0 heterocycles. The average Bonchev–Trinajstić information content (AvgIpc) is 2.03. The van der Waals surface area contributed by atoms with Crippen LogP contribution in [0, 0.1) is 11.6 Å². The third-order valence-electron chi connectivity index (χ3n) is 1.47. The maximum absolute atomic E-state index is 12.8. The first-order valence-electron chi connectivity index (χ1n) is 3.34. The zero-order valence-corrected chi connectivity index (χ0v) is 6.85. The Hall–Kier alpha value is -0.670. The maximum Gasteiger partial charge on any atom is 0.131 e. The van der Waals surface area contributed by atoms with Crippen molar-refractivity contribution >= 4 is 11.6 Å². The molecule has 0 bridgehead atoms. The number of hydrogen-bond donors (Lipinski definition) is 1. The van der Waals surface area contributed by atoms with Crippen LogP contribution in [0.15, 0.2) is 18.2 Å².